The minimum Gasteiger partial charge on any atom is -0.343 e. The van der Waals surface area contributed by atoms with E-state index in [1.165, 1.54) is 11.6 Å². The molecule has 46 heavy (non-hydrogen) atoms. The highest BCUT2D eigenvalue weighted by Gasteiger charge is 2.34. The first kappa shape index (κ1) is 33.6. The zero-order chi connectivity index (χ0) is 32.6. The molecule has 0 radical (unpaired) electrons. The van der Waals surface area contributed by atoms with Gasteiger partial charge in [-0.05, 0) is 48.2 Å². The van der Waals surface area contributed by atoms with Crippen molar-refractivity contribution in [1.29, 1.82) is 0 Å². The van der Waals surface area contributed by atoms with E-state index in [4.69, 9.17) is 11.6 Å². The van der Waals surface area contributed by atoms with Gasteiger partial charge in [0.25, 0.3) is 0 Å². The van der Waals surface area contributed by atoms with Gasteiger partial charge in [0.15, 0.2) is 0 Å². The van der Waals surface area contributed by atoms with E-state index in [9.17, 15) is 14.4 Å². The molecular formula is C36H43ClFN5O3. The minimum absolute atomic E-state index is 0.0226. The fraction of sp³-hybridized carbons (Fsp3) is 0.417. The first-order chi connectivity index (χ1) is 22.3. The maximum Gasteiger partial charge on any atom is 0.245 e. The predicted octanol–water partition coefficient (Wildman–Crippen LogP) is 4.36. The number of halogens is 2. The van der Waals surface area contributed by atoms with Gasteiger partial charge >= 0.3 is 0 Å². The highest BCUT2D eigenvalue weighted by atomic mass is 35.5. The summed E-state index contributed by atoms with van der Waals surface area (Å²) in [6.45, 7) is 7.09. The van der Waals surface area contributed by atoms with E-state index in [0.717, 1.165) is 11.1 Å². The molecule has 0 saturated carbocycles. The van der Waals surface area contributed by atoms with Gasteiger partial charge in [0.05, 0.1) is 12.1 Å². The fourth-order valence-corrected chi connectivity index (χ4v) is 6.56. The van der Waals surface area contributed by atoms with Crippen molar-refractivity contribution >= 4 is 29.3 Å². The summed E-state index contributed by atoms with van der Waals surface area (Å²) < 4.78 is 15.1. The van der Waals surface area contributed by atoms with E-state index in [1.807, 2.05) is 50.2 Å². The first-order valence-corrected chi connectivity index (χ1v) is 16.5. The van der Waals surface area contributed by atoms with Crippen molar-refractivity contribution in [3.63, 3.8) is 0 Å². The Bertz CT molecular complexity index is 1510. The molecule has 0 bridgehead atoms. The zero-order valence-corrected chi connectivity index (χ0v) is 27.3. The molecule has 3 atom stereocenters. The predicted molar refractivity (Wildman–Crippen MR) is 178 cm³/mol. The standard InChI is InChI=1S/C36H43ClFN5O3/c1-3-34(44)41(4-2)24-33(29-11-7-8-12-30(29)38)42-17-19-43(20-18-42)36(46)32(21-25-13-15-28(37)16-14-25)40-35(45)31-22-26-9-5-6-10-27(26)23-39-31/h5-16,31-33,39H,3-4,17-24H2,1-2H3,(H,40,45)/t31-,32-,33?/m1/s1. The maximum atomic E-state index is 15.1. The van der Waals surface area contributed by atoms with E-state index in [-0.39, 0.29) is 29.6 Å². The third-order valence-corrected chi connectivity index (χ3v) is 9.38. The SMILES string of the molecule is CCC(=O)N(CC)CC(c1ccccc1F)N1CCN(C(=O)[C@@H](Cc2ccc(Cl)cc2)NC(=O)[C@H]2Cc3ccccc3CN2)CC1. The van der Waals surface area contributed by atoms with Crippen LogP contribution in [0.1, 0.15) is 48.6 Å². The van der Waals surface area contributed by atoms with Crippen molar-refractivity contribution in [3.05, 3.63) is 106 Å². The Morgan fingerprint density at radius 1 is 0.957 bits per heavy atom. The summed E-state index contributed by atoms with van der Waals surface area (Å²) in [5.41, 5.74) is 3.74. The molecular weight excluding hydrogens is 605 g/mol. The summed E-state index contributed by atoms with van der Waals surface area (Å²) in [6, 6.07) is 20.5. The van der Waals surface area contributed by atoms with Crippen LogP contribution in [0, 0.1) is 5.82 Å². The summed E-state index contributed by atoms with van der Waals surface area (Å²) in [6.07, 6.45) is 1.26. The van der Waals surface area contributed by atoms with Gasteiger partial charge in [-0.15, -0.1) is 0 Å². The number of likely N-dealkylation sites (N-methyl/N-ethyl adjacent to an activating group) is 1. The largest absolute Gasteiger partial charge is 0.343 e. The Morgan fingerprint density at radius 3 is 2.30 bits per heavy atom. The van der Waals surface area contributed by atoms with Crippen LogP contribution in [0.5, 0.6) is 0 Å². The molecule has 3 amide bonds. The quantitative estimate of drug-likeness (QED) is 0.323. The summed E-state index contributed by atoms with van der Waals surface area (Å²) in [5, 5.41) is 6.99. The third-order valence-electron chi connectivity index (χ3n) is 9.13. The molecule has 0 aromatic heterocycles. The van der Waals surface area contributed by atoms with E-state index in [2.05, 4.69) is 21.6 Å². The maximum absolute atomic E-state index is 15.1. The highest BCUT2D eigenvalue weighted by Crippen LogP contribution is 2.27. The summed E-state index contributed by atoms with van der Waals surface area (Å²) in [4.78, 5) is 46.0. The van der Waals surface area contributed by atoms with Crippen LogP contribution in [0.4, 0.5) is 4.39 Å². The van der Waals surface area contributed by atoms with E-state index < -0.39 is 12.1 Å². The number of piperazine rings is 1. The Hall–Kier alpha value is -3.79. The minimum atomic E-state index is -0.765. The van der Waals surface area contributed by atoms with Crippen LogP contribution in [0.25, 0.3) is 0 Å². The van der Waals surface area contributed by atoms with Gasteiger partial charge in [0, 0.05) is 69.2 Å². The average molecular weight is 648 g/mol. The number of benzene rings is 3. The van der Waals surface area contributed by atoms with E-state index in [1.54, 1.807) is 34.1 Å². The van der Waals surface area contributed by atoms with Gasteiger partial charge in [-0.25, -0.2) is 4.39 Å². The molecule has 1 fully saturated rings. The fourth-order valence-electron chi connectivity index (χ4n) is 6.44. The van der Waals surface area contributed by atoms with Crippen molar-refractivity contribution in [2.75, 3.05) is 39.3 Å². The average Bonchev–Trinajstić information content (AvgIpc) is 3.09. The molecule has 244 valence electrons. The number of carbonyl (C=O) groups excluding carboxylic acids is 3. The number of carbonyl (C=O) groups is 3. The molecule has 2 heterocycles. The van der Waals surface area contributed by atoms with Crippen molar-refractivity contribution in [3.8, 4) is 0 Å². The number of hydrogen-bond acceptors (Lipinski definition) is 5. The van der Waals surface area contributed by atoms with Crippen LogP contribution in [0.15, 0.2) is 72.8 Å². The highest BCUT2D eigenvalue weighted by molar-refractivity contribution is 6.30. The van der Waals surface area contributed by atoms with Gasteiger partial charge in [0.1, 0.15) is 11.9 Å². The number of nitrogens with one attached hydrogen (secondary N) is 2. The molecule has 1 saturated heterocycles. The molecule has 5 rings (SSSR count). The summed E-state index contributed by atoms with van der Waals surface area (Å²) in [5.74, 6) is -0.650. The third kappa shape index (κ3) is 8.13. The van der Waals surface area contributed by atoms with Gasteiger partial charge in [-0.1, -0.05) is 73.1 Å². The van der Waals surface area contributed by atoms with Crippen LogP contribution in [-0.2, 0) is 33.8 Å². The lowest BCUT2D eigenvalue weighted by molar-refractivity contribution is -0.139. The first-order valence-electron chi connectivity index (χ1n) is 16.2. The lowest BCUT2D eigenvalue weighted by Crippen LogP contribution is -2.59. The lowest BCUT2D eigenvalue weighted by atomic mass is 9.95. The summed E-state index contributed by atoms with van der Waals surface area (Å²) in [7, 11) is 0. The molecule has 1 unspecified atom stereocenters. The van der Waals surface area contributed by atoms with Crippen LogP contribution in [0.2, 0.25) is 5.02 Å². The Balaban J connectivity index is 1.30. The Labute approximate surface area is 275 Å². The molecule has 0 aliphatic carbocycles. The second-order valence-corrected chi connectivity index (χ2v) is 12.4. The molecule has 2 N–H and O–H groups in total. The van der Waals surface area contributed by atoms with E-state index >= 15 is 4.39 Å². The second kappa shape index (κ2) is 15.7. The van der Waals surface area contributed by atoms with Gasteiger partial charge in [-0.2, -0.15) is 0 Å². The molecule has 3 aromatic rings. The number of fused-ring (bicyclic) bond motifs is 1. The smallest absolute Gasteiger partial charge is 0.245 e. The molecule has 8 nitrogen and oxygen atoms in total. The van der Waals surface area contributed by atoms with Crippen LogP contribution in [-0.4, -0.2) is 83.8 Å². The van der Waals surface area contributed by atoms with Crippen LogP contribution >= 0.6 is 11.6 Å². The number of rotatable bonds is 11. The van der Waals surface area contributed by atoms with Gasteiger partial charge in [0.2, 0.25) is 17.7 Å². The molecule has 2 aliphatic rings. The van der Waals surface area contributed by atoms with Crippen molar-refractivity contribution in [2.24, 2.45) is 0 Å². The number of nitrogens with zero attached hydrogens (tertiary/aromatic N) is 3. The number of amides is 3. The van der Waals surface area contributed by atoms with Gasteiger partial charge < -0.3 is 20.4 Å². The van der Waals surface area contributed by atoms with Crippen molar-refractivity contribution in [1.82, 2.24) is 25.3 Å². The van der Waals surface area contributed by atoms with Crippen molar-refractivity contribution in [2.45, 2.75) is 57.8 Å². The monoisotopic (exact) mass is 647 g/mol. The van der Waals surface area contributed by atoms with Crippen LogP contribution < -0.4 is 10.6 Å². The Kier molecular flexibility index (Phi) is 11.4. The lowest BCUT2D eigenvalue weighted by Gasteiger charge is -2.42. The van der Waals surface area contributed by atoms with Crippen molar-refractivity contribution < 1.29 is 18.8 Å². The van der Waals surface area contributed by atoms with Gasteiger partial charge in [-0.3, -0.25) is 19.3 Å². The topological polar surface area (TPSA) is 85.0 Å². The summed E-state index contributed by atoms with van der Waals surface area (Å²) >= 11 is 6.12. The normalized spacial score (nSPS) is 17.9. The van der Waals surface area contributed by atoms with E-state index in [0.29, 0.717) is 75.7 Å². The molecule has 0 spiro atoms. The van der Waals surface area contributed by atoms with Crippen LogP contribution in [0.3, 0.4) is 0 Å². The Morgan fingerprint density at radius 2 is 1.63 bits per heavy atom. The molecule has 2 aliphatic heterocycles. The second-order valence-electron chi connectivity index (χ2n) is 12.0. The number of hydrogen-bond donors (Lipinski definition) is 2. The zero-order valence-electron chi connectivity index (χ0n) is 26.6. The molecule has 3 aromatic carbocycles. The molecule has 10 heteroatoms.